The largest absolute Gasteiger partial charge is 0.469 e. The lowest BCUT2D eigenvalue weighted by Gasteiger charge is -2.33. The van der Waals surface area contributed by atoms with Gasteiger partial charge in [0.2, 0.25) is 5.91 Å². The van der Waals surface area contributed by atoms with Gasteiger partial charge in [-0.3, -0.25) is 9.59 Å². The highest BCUT2D eigenvalue weighted by molar-refractivity contribution is 5.75. The first-order valence-electron chi connectivity index (χ1n) is 12.9. The number of carbonyl (C=O) groups is 4. The van der Waals surface area contributed by atoms with Gasteiger partial charge in [-0.2, -0.15) is 0 Å². The van der Waals surface area contributed by atoms with Crippen LogP contribution in [0.1, 0.15) is 116 Å². The van der Waals surface area contributed by atoms with Gasteiger partial charge in [0.15, 0.2) is 0 Å². The van der Waals surface area contributed by atoms with Gasteiger partial charge >= 0.3 is 5.97 Å². The molecule has 33 heavy (non-hydrogen) atoms. The minimum Gasteiger partial charge on any atom is -0.469 e. The monoisotopic (exact) mass is 468 g/mol. The molecule has 0 aromatic heterocycles. The van der Waals surface area contributed by atoms with Crippen molar-refractivity contribution in [1.82, 2.24) is 5.32 Å². The lowest BCUT2D eigenvalue weighted by Crippen LogP contribution is -2.29. The van der Waals surface area contributed by atoms with E-state index in [0.29, 0.717) is 45.2 Å². The predicted molar refractivity (Wildman–Crippen MR) is 132 cm³/mol. The first kappa shape index (κ1) is 31.2. The van der Waals surface area contributed by atoms with E-state index in [1.165, 1.54) is 32.8 Å². The van der Waals surface area contributed by atoms with Gasteiger partial charge in [0.05, 0.1) is 7.11 Å². The van der Waals surface area contributed by atoms with Crippen LogP contribution in [-0.2, 0) is 23.9 Å². The molecule has 0 heterocycles. The summed E-state index contributed by atoms with van der Waals surface area (Å²) in [5, 5.41) is 2.90. The number of carbonyl (C=O) groups excluding carboxylic acids is 4. The van der Waals surface area contributed by atoms with Crippen molar-refractivity contribution in [2.45, 2.75) is 116 Å². The van der Waals surface area contributed by atoms with Crippen LogP contribution in [0.3, 0.4) is 0 Å². The summed E-state index contributed by atoms with van der Waals surface area (Å²) in [7, 11) is 1.43. The number of hydrogen-bond acceptors (Lipinski definition) is 6. The van der Waals surface area contributed by atoms with Gasteiger partial charge in [-0.15, -0.1) is 0 Å². The number of ether oxygens (including phenoxy) is 1. The number of hydrogen-bond donors (Lipinski definition) is 2. The van der Waals surface area contributed by atoms with Crippen molar-refractivity contribution in [1.29, 1.82) is 0 Å². The van der Waals surface area contributed by atoms with Crippen LogP contribution in [0.25, 0.3) is 0 Å². The van der Waals surface area contributed by atoms with Crippen molar-refractivity contribution < 1.29 is 23.9 Å². The van der Waals surface area contributed by atoms with Gasteiger partial charge < -0.3 is 25.4 Å². The molecule has 0 rings (SSSR count). The van der Waals surface area contributed by atoms with Crippen LogP contribution in [0, 0.1) is 5.41 Å². The van der Waals surface area contributed by atoms with Gasteiger partial charge in [-0.05, 0) is 50.5 Å². The number of nitrogens with two attached hydrogens (primary N) is 1. The van der Waals surface area contributed by atoms with E-state index in [0.717, 1.165) is 70.4 Å². The topological polar surface area (TPSA) is 116 Å². The molecular weight excluding hydrogens is 420 g/mol. The second-order valence-corrected chi connectivity index (χ2v) is 9.16. The summed E-state index contributed by atoms with van der Waals surface area (Å²) in [4.78, 5) is 45.4. The summed E-state index contributed by atoms with van der Waals surface area (Å²) >= 11 is 0. The third-order valence-electron chi connectivity index (χ3n) is 6.49. The molecule has 0 aliphatic heterocycles. The number of unbranched alkanes of at least 4 members (excludes halogenated alkanes) is 8. The van der Waals surface area contributed by atoms with Crippen LogP contribution in [-0.4, -0.2) is 44.6 Å². The second-order valence-electron chi connectivity index (χ2n) is 9.16. The summed E-state index contributed by atoms with van der Waals surface area (Å²) in [6.07, 6.45) is 17.8. The fourth-order valence-electron chi connectivity index (χ4n) is 4.39. The Hall–Kier alpha value is -1.76. The third-order valence-corrected chi connectivity index (χ3v) is 6.49. The molecule has 0 saturated carbocycles. The Morgan fingerprint density at radius 1 is 0.758 bits per heavy atom. The summed E-state index contributed by atoms with van der Waals surface area (Å²) in [5.41, 5.74) is 5.36. The minimum atomic E-state index is -0.125. The summed E-state index contributed by atoms with van der Waals surface area (Å²) < 4.78 is 4.65. The molecule has 0 spiro atoms. The first-order chi connectivity index (χ1) is 16.0. The molecule has 7 heteroatoms. The van der Waals surface area contributed by atoms with Crippen LogP contribution in [0.4, 0.5) is 0 Å². The number of nitrogens with one attached hydrogen (secondary N) is 1. The molecule has 0 aliphatic rings. The maximum absolute atomic E-state index is 12.2. The smallest absolute Gasteiger partial charge is 0.305 e. The van der Waals surface area contributed by atoms with Crippen molar-refractivity contribution in [2.75, 3.05) is 20.2 Å². The Morgan fingerprint density at radius 2 is 1.30 bits per heavy atom. The number of esters is 1. The van der Waals surface area contributed by atoms with Gasteiger partial charge in [0, 0.05) is 32.2 Å². The molecule has 3 N–H and O–H groups in total. The fourth-order valence-corrected chi connectivity index (χ4v) is 4.39. The van der Waals surface area contributed by atoms with Crippen molar-refractivity contribution in [2.24, 2.45) is 11.1 Å². The maximum atomic E-state index is 12.2. The lowest BCUT2D eigenvalue weighted by molar-refractivity contribution is -0.140. The molecule has 0 bridgehead atoms. The molecule has 7 nitrogen and oxygen atoms in total. The zero-order valence-corrected chi connectivity index (χ0v) is 20.9. The van der Waals surface area contributed by atoms with Crippen molar-refractivity contribution in [3.8, 4) is 0 Å². The first-order valence-corrected chi connectivity index (χ1v) is 12.9. The normalized spacial score (nSPS) is 11.2. The molecule has 0 fully saturated rings. The lowest BCUT2D eigenvalue weighted by atomic mass is 9.71. The summed E-state index contributed by atoms with van der Waals surface area (Å²) in [6.45, 7) is 1.15. The van der Waals surface area contributed by atoms with Crippen molar-refractivity contribution >= 4 is 24.4 Å². The van der Waals surface area contributed by atoms with Crippen LogP contribution in [0.5, 0.6) is 0 Å². The van der Waals surface area contributed by atoms with Crippen molar-refractivity contribution in [3.05, 3.63) is 0 Å². The summed E-state index contributed by atoms with van der Waals surface area (Å²) in [5.74, 6) is -0.101. The Bertz CT molecular complexity index is 513. The highest BCUT2D eigenvalue weighted by atomic mass is 16.5. The van der Waals surface area contributed by atoms with Crippen LogP contribution in [0.2, 0.25) is 0 Å². The third kappa shape index (κ3) is 18.4. The Balaban J connectivity index is 4.28. The second kappa shape index (κ2) is 22.1. The molecular formula is C26H48N2O5. The average Bonchev–Trinajstić information content (AvgIpc) is 2.83. The molecule has 0 atom stereocenters. The van der Waals surface area contributed by atoms with Gasteiger partial charge in [0.25, 0.3) is 0 Å². The highest BCUT2D eigenvalue weighted by Gasteiger charge is 2.29. The Morgan fingerprint density at radius 3 is 1.82 bits per heavy atom. The van der Waals surface area contributed by atoms with E-state index in [1.54, 1.807) is 0 Å². The van der Waals surface area contributed by atoms with Gasteiger partial charge in [0.1, 0.15) is 12.6 Å². The number of rotatable bonds is 24. The zero-order valence-electron chi connectivity index (χ0n) is 20.9. The molecule has 0 radical (unpaired) electrons. The van der Waals surface area contributed by atoms with Crippen molar-refractivity contribution in [3.63, 3.8) is 0 Å². The molecule has 1 amide bonds. The molecule has 0 aromatic carbocycles. The number of methoxy groups -OCH3 is 1. The Labute approximate surface area is 201 Å². The average molecular weight is 469 g/mol. The molecule has 192 valence electrons. The van der Waals surface area contributed by atoms with E-state index >= 15 is 0 Å². The van der Waals surface area contributed by atoms with Gasteiger partial charge in [-0.1, -0.05) is 51.4 Å². The molecule has 0 saturated heterocycles. The van der Waals surface area contributed by atoms with Gasteiger partial charge in [-0.25, -0.2) is 0 Å². The number of amides is 1. The van der Waals surface area contributed by atoms with Crippen LogP contribution in [0.15, 0.2) is 0 Å². The van der Waals surface area contributed by atoms with E-state index in [2.05, 4.69) is 10.1 Å². The quantitative estimate of drug-likeness (QED) is 0.121. The number of aldehydes is 2. The van der Waals surface area contributed by atoms with E-state index < -0.39 is 0 Å². The van der Waals surface area contributed by atoms with E-state index in [9.17, 15) is 19.2 Å². The van der Waals surface area contributed by atoms with Crippen LogP contribution < -0.4 is 11.1 Å². The van der Waals surface area contributed by atoms with E-state index in [1.807, 2.05) is 0 Å². The molecule has 0 aliphatic carbocycles. The zero-order chi connectivity index (χ0) is 24.6. The standard InChI is InChI=1S/C26H48N2O5/c1-33-25(32)14-9-7-5-3-2-4-6-8-10-16-26(17-11-22-29,18-12-23-30)19-15-24(31)28-21-13-20-27/h22-23H,2-21,27H2,1H3,(H,28,31). The fraction of sp³-hybridized carbons (Fsp3) is 0.846. The maximum Gasteiger partial charge on any atom is 0.305 e. The Kier molecular flexibility index (Phi) is 20.9. The van der Waals surface area contributed by atoms with Crippen LogP contribution >= 0.6 is 0 Å². The minimum absolute atomic E-state index is 0.0246. The van der Waals surface area contributed by atoms with E-state index in [4.69, 9.17) is 5.73 Å². The molecule has 0 aromatic rings. The highest BCUT2D eigenvalue weighted by Crippen LogP contribution is 2.40. The van der Waals surface area contributed by atoms with E-state index in [-0.39, 0.29) is 17.3 Å². The summed E-state index contributed by atoms with van der Waals surface area (Å²) in [6, 6.07) is 0. The predicted octanol–water partition coefficient (Wildman–Crippen LogP) is 4.64. The SMILES string of the molecule is COC(=O)CCCCCCCCCCCC(CCC=O)(CCC=O)CCC(=O)NCCCN. The molecule has 0 unspecified atom stereocenters.